The predicted molar refractivity (Wildman–Crippen MR) is 99.5 cm³/mol. The molecule has 1 saturated heterocycles. The highest BCUT2D eigenvalue weighted by Gasteiger charge is 2.43. The van der Waals surface area contributed by atoms with Crippen LogP contribution in [0.3, 0.4) is 0 Å². The Morgan fingerprint density at radius 1 is 1.32 bits per heavy atom. The number of likely N-dealkylation sites (tertiary alicyclic amines) is 1. The molecule has 2 aromatic rings. The number of fused-ring (bicyclic) bond motifs is 1. The maximum atomic E-state index is 12.7. The highest BCUT2D eigenvalue weighted by Crippen LogP contribution is 2.44. The van der Waals surface area contributed by atoms with Crippen LogP contribution in [-0.2, 0) is 16.0 Å². The van der Waals surface area contributed by atoms with E-state index in [9.17, 15) is 9.59 Å². The minimum atomic E-state index is -0.460. The molecule has 1 fully saturated rings. The first-order valence-electron chi connectivity index (χ1n) is 9.55. The van der Waals surface area contributed by atoms with E-state index in [0.717, 1.165) is 17.7 Å². The van der Waals surface area contributed by atoms with Crippen molar-refractivity contribution >= 4 is 11.8 Å². The van der Waals surface area contributed by atoms with Crippen LogP contribution in [0.5, 0.6) is 5.75 Å². The number of aromatic nitrogens is 2. The molecule has 1 N–H and O–H groups in total. The van der Waals surface area contributed by atoms with Crippen LogP contribution in [0.4, 0.5) is 0 Å². The molecule has 28 heavy (non-hydrogen) atoms. The SMILES string of the molecule is Cc1nonc1CC(=O)N[C@H]1C[C@@]2(CCC(=O)N(C)CC2)Oc2ccccc21. The molecule has 4 rings (SSSR count). The first kappa shape index (κ1) is 18.5. The van der Waals surface area contributed by atoms with Crippen molar-refractivity contribution in [1.29, 1.82) is 0 Å². The summed E-state index contributed by atoms with van der Waals surface area (Å²) in [6.45, 7) is 2.41. The van der Waals surface area contributed by atoms with Crippen molar-refractivity contribution < 1.29 is 19.0 Å². The van der Waals surface area contributed by atoms with Gasteiger partial charge >= 0.3 is 0 Å². The van der Waals surface area contributed by atoms with Crippen LogP contribution in [0.1, 0.15) is 48.7 Å². The molecule has 2 aliphatic rings. The van der Waals surface area contributed by atoms with Gasteiger partial charge in [-0.15, -0.1) is 0 Å². The Kier molecular flexibility index (Phi) is 4.78. The molecular weight excluding hydrogens is 360 g/mol. The van der Waals surface area contributed by atoms with Crippen molar-refractivity contribution in [3.63, 3.8) is 0 Å². The van der Waals surface area contributed by atoms with Crippen molar-refractivity contribution in [3.05, 3.63) is 41.2 Å². The summed E-state index contributed by atoms with van der Waals surface area (Å²) in [6, 6.07) is 7.59. The minimum absolute atomic E-state index is 0.114. The number of para-hydroxylation sites is 1. The van der Waals surface area contributed by atoms with Crippen LogP contribution >= 0.6 is 0 Å². The predicted octanol–water partition coefficient (Wildman–Crippen LogP) is 1.94. The third kappa shape index (κ3) is 3.58. The standard InChI is InChI=1S/C20H24N4O4/c1-13-15(23-28-22-13)11-18(25)21-16-12-20(8-7-19(26)24(2)10-9-20)27-17-6-4-3-5-14(16)17/h3-6,16H,7-12H2,1-2H3,(H,21,25)/t16-,20-/m0/s1. The summed E-state index contributed by atoms with van der Waals surface area (Å²) in [4.78, 5) is 26.6. The number of hydrogen-bond acceptors (Lipinski definition) is 6. The molecule has 8 heteroatoms. The first-order chi connectivity index (χ1) is 13.5. The van der Waals surface area contributed by atoms with Gasteiger partial charge in [0.15, 0.2) is 0 Å². The van der Waals surface area contributed by atoms with E-state index in [1.165, 1.54) is 0 Å². The Morgan fingerprint density at radius 2 is 2.14 bits per heavy atom. The zero-order valence-corrected chi connectivity index (χ0v) is 16.1. The van der Waals surface area contributed by atoms with Gasteiger partial charge in [-0.05, 0) is 19.4 Å². The van der Waals surface area contributed by atoms with Crippen LogP contribution in [-0.4, -0.2) is 46.2 Å². The first-order valence-corrected chi connectivity index (χ1v) is 9.55. The maximum absolute atomic E-state index is 12.7. The maximum Gasteiger partial charge on any atom is 0.226 e. The lowest BCUT2D eigenvalue weighted by atomic mass is 9.82. The molecule has 8 nitrogen and oxygen atoms in total. The third-order valence-corrected chi connectivity index (χ3v) is 5.73. The Hall–Kier alpha value is -2.90. The van der Waals surface area contributed by atoms with Gasteiger partial charge < -0.3 is 15.0 Å². The van der Waals surface area contributed by atoms with E-state index in [1.807, 2.05) is 31.3 Å². The average molecular weight is 384 g/mol. The number of amides is 2. The molecule has 2 atom stereocenters. The van der Waals surface area contributed by atoms with E-state index >= 15 is 0 Å². The van der Waals surface area contributed by atoms with Crippen LogP contribution in [0.25, 0.3) is 0 Å². The zero-order chi connectivity index (χ0) is 19.7. The Morgan fingerprint density at radius 3 is 2.93 bits per heavy atom. The van der Waals surface area contributed by atoms with Gasteiger partial charge in [-0.2, -0.15) is 0 Å². The van der Waals surface area contributed by atoms with E-state index in [4.69, 9.17) is 4.74 Å². The molecule has 0 aliphatic carbocycles. The highest BCUT2D eigenvalue weighted by atomic mass is 16.6. The largest absolute Gasteiger partial charge is 0.487 e. The minimum Gasteiger partial charge on any atom is -0.487 e. The molecule has 2 aliphatic heterocycles. The summed E-state index contributed by atoms with van der Waals surface area (Å²) in [5.41, 5.74) is 1.65. The van der Waals surface area contributed by atoms with E-state index in [1.54, 1.807) is 11.8 Å². The molecule has 0 radical (unpaired) electrons. The fraction of sp³-hybridized carbons (Fsp3) is 0.500. The number of nitrogens with zero attached hydrogens (tertiary/aromatic N) is 3. The van der Waals surface area contributed by atoms with Gasteiger partial charge in [0.2, 0.25) is 11.8 Å². The molecule has 1 aromatic carbocycles. The van der Waals surface area contributed by atoms with Gasteiger partial charge in [0.1, 0.15) is 22.7 Å². The molecular formula is C20H24N4O4. The van der Waals surface area contributed by atoms with Crippen molar-refractivity contribution in [2.24, 2.45) is 0 Å². The lowest BCUT2D eigenvalue weighted by Gasteiger charge is -2.42. The van der Waals surface area contributed by atoms with E-state index in [0.29, 0.717) is 37.2 Å². The molecule has 1 spiro atoms. The average Bonchev–Trinajstić information content (AvgIpc) is 3.03. The summed E-state index contributed by atoms with van der Waals surface area (Å²) in [5, 5.41) is 10.6. The summed E-state index contributed by atoms with van der Waals surface area (Å²) in [6.07, 6.45) is 2.57. The summed E-state index contributed by atoms with van der Waals surface area (Å²) >= 11 is 0. The number of aryl methyl sites for hydroxylation is 1. The second kappa shape index (κ2) is 7.26. The van der Waals surface area contributed by atoms with Crippen molar-refractivity contribution in [2.45, 2.75) is 50.7 Å². The number of benzene rings is 1. The number of ether oxygens (including phenoxy) is 1. The fourth-order valence-corrected chi connectivity index (χ4v) is 4.01. The van der Waals surface area contributed by atoms with Gasteiger partial charge in [0.05, 0.1) is 12.5 Å². The lowest BCUT2D eigenvalue weighted by molar-refractivity contribution is -0.129. The quantitative estimate of drug-likeness (QED) is 0.869. The fourth-order valence-electron chi connectivity index (χ4n) is 4.01. The van der Waals surface area contributed by atoms with Gasteiger partial charge in [-0.3, -0.25) is 9.59 Å². The molecule has 3 heterocycles. The summed E-state index contributed by atoms with van der Waals surface area (Å²) in [5.74, 6) is 0.765. The highest BCUT2D eigenvalue weighted by molar-refractivity contribution is 5.79. The summed E-state index contributed by atoms with van der Waals surface area (Å²) in [7, 11) is 1.83. The van der Waals surface area contributed by atoms with Crippen molar-refractivity contribution in [3.8, 4) is 5.75 Å². The van der Waals surface area contributed by atoms with E-state index in [-0.39, 0.29) is 24.3 Å². The normalized spacial score (nSPS) is 24.4. The van der Waals surface area contributed by atoms with Gasteiger partial charge in [0, 0.05) is 38.4 Å². The zero-order valence-electron chi connectivity index (χ0n) is 16.1. The Bertz CT molecular complexity index is 896. The number of nitrogens with one attached hydrogen (secondary N) is 1. The second-order valence-corrected chi connectivity index (χ2v) is 7.69. The topological polar surface area (TPSA) is 97.6 Å². The number of hydrogen-bond donors (Lipinski definition) is 1. The molecule has 0 unspecified atom stereocenters. The molecule has 148 valence electrons. The summed E-state index contributed by atoms with van der Waals surface area (Å²) < 4.78 is 11.1. The van der Waals surface area contributed by atoms with Crippen molar-refractivity contribution in [2.75, 3.05) is 13.6 Å². The van der Waals surface area contributed by atoms with Gasteiger partial charge in [-0.1, -0.05) is 28.5 Å². The van der Waals surface area contributed by atoms with E-state index < -0.39 is 5.60 Å². The van der Waals surface area contributed by atoms with Crippen LogP contribution < -0.4 is 10.1 Å². The third-order valence-electron chi connectivity index (χ3n) is 5.73. The molecule has 1 aromatic heterocycles. The lowest BCUT2D eigenvalue weighted by Crippen LogP contribution is -2.46. The monoisotopic (exact) mass is 384 g/mol. The number of carbonyl (C=O) groups excluding carboxylic acids is 2. The Balaban J connectivity index is 1.56. The second-order valence-electron chi connectivity index (χ2n) is 7.69. The van der Waals surface area contributed by atoms with Crippen LogP contribution in [0, 0.1) is 6.92 Å². The van der Waals surface area contributed by atoms with E-state index in [2.05, 4.69) is 20.3 Å². The number of carbonyl (C=O) groups is 2. The molecule has 0 saturated carbocycles. The van der Waals surface area contributed by atoms with Crippen LogP contribution in [0.2, 0.25) is 0 Å². The van der Waals surface area contributed by atoms with Gasteiger partial charge in [0.25, 0.3) is 0 Å². The number of rotatable bonds is 3. The smallest absolute Gasteiger partial charge is 0.226 e. The van der Waals surface area contributed by atoms with Crippen molar-refractivity contribution in [1.82, 2.24) is 20.5 Å². The van der Waals surface area contributed by atoms with Crippen LogP contribution in [0.15, 0.2) is 28.9 Å². The molecule has 2 amide bonds. The molecule has 0 bridgehead atoms. The van der Waals surface area contributed by atoms with Gasteiger partial charge in [-0.25, -0.2) is 4.63 Å². The Labute approximate surface area is 163 Å².